The van der Waals surface area contributed by atoms with Crippen molar-refractivity contribution in [3.05, 3.63) is 53.1 Å². The number of methoxy groups -OCH3 is 1. The lowest BCUT2D eigenvalue weighted by Crippen LogP contribution is -2.71. The number of nitrogens with zero attached hydrogens (tertiary/aromatic N) is 2. The quantitative estimate of drug-likeness (QED) is 0.506. The van der Waals surface area contributed by atoms with Crippen LogP contribution >= 0.6 is 11.6 Å². The molecule has 0 amide bonds. The van der Waals surface area contributed by atoms with Crippen molar-refractivity contribution in [1.82, 2.24) is 0 Å². The zero-order valence-electron chi connectivity index (χ0n) is 18.3. The molecule has 0 bridgehead atoms. The van der Waals surface area contributed by atoms with Crippen LogP contribution in [-0.4, -0.2) is 50.5 Å². The van der Waals surface area contributed by atoms with Gasteiger partial charge in [-0.2, -0.15) is 0 Å². The second kappa shape index (κ2) is 7.30. The van der Waals surface area contributed by atoms with E-state index in [1.165, 1.54) is 0 Å². The predicted molar refractivity (Wildman–Crippen MR) is 120 cm³/mol. The molecule has 7 nitrogen and oxygen atoms in total. The highest BCUT2D eigenvalue weighted by Gasteiger charge is 2.64. The van der Waals surface area contributed by atoms with E-state index < -0.39 is 29.2 Å². The van der Waals surface area contributed by atoms with Crippen LogP contribution in [0.15, 0.2) is 42.5 Å². The van der Waals surface area contributed by atoms with Gasteiger partial charge in [0.25, 0.3) is 5.79 Å². The molecule has 8 heteroatoms. The van der Waals surface area contributed by atoms with E-state index >= 15 is 0 Å². The molecule has 0 aromatic heterocycles. The molecular formula is C24H25ClN2O5. The van der Waals surface area contributed by atoms with Gasteiger partial charge in [0, 0.05) is 50.6 Å². The number of hydrogen-bond donors (Lipinski definition) is 0. The van der Waals surface area contributed by atoms with Crippen LogP contribution in [0.3, 0.4) is 0 Å². The van der Waals surface area contributed by atoms with Crippen LogP contribution in [0, 0.1) is 5.41 Å². The molecule has 2 fully saturated rings. The molecule has 2 aromatic carbocycles. The second-order valence-electron chi connectivity index (χ2n) is 8.93. The SMILES string of the molecule is COc1ccccc1N1CCN2c3cc(Cl)ccc3CC3(C(=O)OC(C)(C)OC3=O)C2C1. The number of para-hydroxylation sites is 2. The van der Waals surface area contributed by atoms with Gasteiger partial charge in [0.15, 0.2) is 5.41 Å². The molecule has 0 saturated carbocycles. The summed E-state index contributed by atoms with van der Waals surface area (Å²) in [5, 5.41) is 0.612. The summed E-state index contributed by atoms with van der Waals surface area (Å²) in [6, 6.07) is 12.8. The number of benzene rings is 2. The van der Waals surface area contributed by atoms with Crippen LogP contribution in [0.1, 0.15) is 19.4 Å². The van der Waals surface area contributed by atoms with Crippen LogP contribution in [0.4, 0.5) is 11.4 Å². The highest BCUT2D eigenvalue weighted by molar-refractivity contribution is 6.31. The number of hydrogen-bond acceptors (Lipinski definition) is 7. The van der Waals surface area contributed by atoms with Crippen molar-refractivity contribution in [3.63, 3.8) is 0 Å². The number of carbonyl (C=O) groups excluding carboxylic acids is 2. The number of anilines is 2. The number of carbonyl (C=O) groups is 2. The fraction of sp³-hybridized carbons (Fsp3) is 0.417. The van der Waals surface area contributed by atoms with Gasteiger partial charge in [-0.3, -0.25) is 9.59 Å². The van der Waals surface area contributed by atoms with Crippen molar-refractivity contribution in [2.24, 2.45) is 5.41 Å². The lowest BCUT2D eigenvalue weighted by Gasteiger charge is -2.55. The van der Waals surface area contributed by atoms with Gasteiger partial charge in [0.05, 0.1) is 18.8 Å². The Kier molecular flexibility index (Phi) is 4.78. The summed E-state index contributed by atoms with van der Waals surface area (Å²) >= 11 is 6.31. The third kappa shape index (κ3) is 3.10. The van der Waals surface area contributed by atoms with E-state index in [1.54, 1.807) is 27.0 Å². The van der Waals surface area contributed by atoms with Gasteiger partial charge in [-0.15, -0.1) is 0 Å². The smallest absolute Gasteiger partial charge is 0.329 e. The van der Waals surface area contributed by atoms with Gasteiger partial charge in [-0.1, -0.05) is 29.8 Å². The Hall–Kier alpha value is -2.93. The Morgan fingerprint density at radius 3 is 2.47 bits per heavy atom. The fourth-order valence-electron chi connectivity index (χ4n) is 5.12. The summed E-state index contributed by atoms with van der Waals surface area (Å²) in [6.07, 6.45) is 0.203. The summed E-state index contributed by atoms with van der Waals surface area (Å²) < 4.78 is 16.8. The van der Waals surface area contributed by atoms with Crippen molar-refractivity contribution in [1.29, 1.82) is 0 Å². The first kappa shape index (κ1) is 20.9. The maximum absolute atomic E-state index is 13.5. The van der Waals surface area contributed by atoms with Crippen LogP contribution in [0.2, 0.25) is 5.02 Å². The largest absolute Gasteiger partial charge is 0.495 e. The molecule has 2 saturated heterocycles. The number of halogens is 1. The van der Waals surface area contributed by atoms with Gasteiger partial charge in [0.1, 0.15) is 5.75 Å². The van der Waals surface area contributed by atoms with E-state index in [0.29, 0.717) is 24.7 Å². The van der Waals surface area contributed by atoms with E-state index in [9.17, 15) is 9.59 Å². The first-order valence-corrected chi connectivity index (χ1v) is 11.0. The van der Waals surface area contributed by atoms with Crippen molar-refractivity contribution in [2.75, 3.05) is 36.5 Å². The summed E-state index contributed by atoms with van der Waals surface area (Å²) in [6.45, 7) is 4.87. The molecule has 0 radical (unpaired) electrons. The van der Waals surface area contributed by atoms with E-state index in [2.05, 4.69) is 9.80 Å². The number of fused-ring (bicyclic) bond motifs is 4. The van der Waals surface area contributed by atoms with Crippen LogP contribution < -0.4 is 14.5 Å². The maximum atomic E-state index is 13.5. The first-order valence-electron chi connectivity index (χ1n) is 10.6. The molecule has 1 unspecified atom stereocenters. The fourth-order valence-corrected chi connectivity index (χ4v) is 5.29. The van der Waals surface area contributed by atoms with Gasteiger partial charge in [-0.05, 0) is 29.8 Å². The van der Waals surface area contributed by atoms with Gasteiger partial charge < -0.3 is 24.0 Å². The number of ether oxygens (including phenoxy) is 3. The van der Waals surface area contributed by atoms with Gasteiger partial charge in [-0.25, -0.2) is 0 Å². The van der Waals surface area contributed by atoms with Crippen LogP contribution in [0.5, 0.6) is 5.75 Å². The molecule has 168 valence electrons. The minimum Gasteiger partial charge on any atom is -0.495 e. The molecule has 1 spiro atoms. The second-order valence-corrected chi connectivity index (χ2v) is 9.36. The Morgan fingerprint density at radius 2 is 1.75 bits per heavy atom. The van der Waals surface area contributed by atoms with Gasteiger partial charge >= 0.3 is 11.9 Å². The summed E-state index contributed by atoms with van der Waals surface area (Å²) in [5.41, 5.74) is 1.28. The zero-order chi connectivity index (χ0) is 22.7. The van der Waals surface area contributed by atoms with E-state index in [0.717, 1.165) is 22.7 Å². The summed E-state index contributed by atoms with van der Waals surface area (Å²) in [4.78, 5) is 31.2. The topological polar surface area (TPSA) is 68.3 Å². The Bertz CT molecular complexity index is 1080. The monoisotopic (exact) mass is 456 g/mol. The lowest BCUT2D eigenvalue weighted by molar-refractivity contribution is -0.253. The van der Waals surface area contributed by atoms with E-state index in [4.69, 9.17) is 25.8 Å². The molecule has 0 aliphatic carbocycles. The average Bonchev–Trinajstić information content (AvgIpc) is 2.76. The number of piperazine rings is 1. The molecule has 3 aliphatic heterocycles. The standard InChI is InChI=1S/C24H25ClN2O5/c1-23(2)31-21(28)24(22(29)32-23)13-15-8-9-16(25)12-18(15)27-11-10-26(14-20(24)27)17-6-4-5-7-19(17)30-3/h4-9,12,20H,10-11,13-14H2,1-3H3. The normalized spacial score (nSPS) is 23.2. The van der Waals surface area contributed by atoms with E-state index in [1.807, 2.05) is 36.4 Å². The van der Waals surface area contributed by atoms with Crippen LogP contribution in [0.25, 0.3) is 0 Å². The average molecular weight is 457 g/mol. The number of esters is 2. The van der Waals surface area contributed by atoms with Crippen molar-refractivity contribution in [3.8, 4) is 5.75 Å². The molecule has 5 rings (SSSR count). The van der Waals surface area contributed by atoms with Crippen molar-refractivity contribution in [2.45, 2.75) is 32.1 Å². The lowest BCUT2D eigenvalue weighted by atomic mass is 9.69. The Labute approximate surface area is 191 Å². The highest BCUT2D eigenvalue weighted by atomic mass is 35.5. The molecule has 3 heterocycles. The zero-order valence-corrected chi connectivity index (χ0v) is 19.0. The Balaban J connectivity index is 1.62. The minimum absolute atomic E-state index is 0.203. The maximum Gasteiger partial charge on any atom is 0.329 e. The van der Waals surface area contributed by atoms with Crippen LogP contribution in [-0.2, 0) is 25.5 Å². The molecule has 3 aliphatic rings. The molecule has 1 atom stereocenters. The molecular weight excluding hydrogens is 432 g/mol. The summed E-state index contributed by atoms with van der Waals surface area (Å²) in [5.74, 6) is -1.64. The van der Waals surface area contributed by atoms with Gasteiger partial charge in [0.2, 0.25) is 0 Å². The minimum atomic E-state index is -1.46. The first-order chi connectivity index (χ1) is 15.2. The molecule has 32 heavy (non-hydrogen) atoms. The number of cyclic esters (lactones) is 2. The molecule has 0 N–H and O–H groups in total. The molecule has 2 aromatic rings. The van der Waals surface area contributed by atoms with Crippen molar-refractivity contribution >= 4 is 34.9 Å². The van der Waals surface area contributed by atoms with Crippen molar-refractivity contribution < 1.29 is 23.8 Å². The third-order valence-corrected chi connectivity index (χ3v) is 6.84. The predicted octanol–water partition coefficient (Wildman–Crippen LogP) is 3.42. The number of rotatable bonds is 2. The van der Waals surface area contributed by atoms with E-state index in [-0.39, 0.29) is 6.42 Å². The Morgan fingerprint density at radius 1 is 1.03 bits per heavy atom. The third-order valence-electron chi connectivity index (χ3n) is 6.61. The highest BCUT2D eigenvalue weighted by Crippen LogP contribution is 2.49. The summed E-state index contributed by atoms with van der Waals surface area (Å²) in [7, 11) is 1.63.